The van der Waals surface area contributed by atoms with Crippen LogP contribution >= 0.6 is 69.6 Å². The van der Waals surface area contributed by atoms with Crippen LogP contribution in [0.3, 0.4) is 0 Å². The van der Waals surface area contributed by atoms with Gasteiger partial charge in [-0.25, -0.2) is 0 Å². The molecule has 0 unspecified atom stereocenters. The van der Waals surface area contributed by atoms with E-state index in [9.17, 15) is 0 Å². The molecule has 1 heterocycles. The Balaban J connectivity index is 1.96. The summed E-state index contributed by atoms with van der Waals surface area (Å²) in [7, 11) is 0. The maximum Gasteiger partial charge on any atom is 0.305 e. The fourth-order valence-electron chi connectivity index (χ4n) is 2.82. The van der Waals surface area contributed by atoms with E-state index >= 15 is 0 Å². The molecule has 0 N–H and O–H groups in total. The molecule has 0 spiro atoms. The minimum atomic E-state index is -1.36. The third-order valence-electron chi connectivity index (χ3n) is 4.12. The van der Waals surface area contributed by atoms with Crippen LogP contribution in [0.1, 0.15) is 11.1 Å². The summed E-state index contributed by atoms with van der Waals surface area (Å²) < 4.78 is 12.5. The number of hydrogen-bond acceptors (Lipinski definition) is 2. The molecule has 0 fully saturated rings. The van der Waals surface area contributed by atoms with Crippen LogP contribution in [-0.4, -0.2) is 0 Å². The first-order valence-electron chi connectivity index (χ1n) is 7.59. The summed E-state index contributed by atoms with van der Waals surface area (Å²) in [4.78, 5) is 0. The first-order valence-corrected chi connectivity index (χ1v) is 9.86. The van der Waals surface area contributed by atoms with Gasteiger partial charge in [-0.1, -0.05) is 69.6 Å². The number of benzene rings is 3. The van der Waals surface area contributed by atoms with Gasteiger partial charge in [-0.05, 0) is 48.5 Å². The number of ether oxygens (including phenoxy) is 2. The summed E-state index contributed by atoms with van der Waals surface area (Å²) in [5.74, 6) is -0.944. The zero-order chi connectivity index (χ0) is 19.3. The van der Waals surface area contributed by atoms with Gasteiger partial charge in [0.2, 0.25) is 0 Å². The van der Waals surface area contributed by atoms with E-state index in [-0.39, 0.29) is 31.6 Å². The molecule has 2 nitrogen and oxygen atoms in total. The highest BCUT2D eigenvalue weighted by Gasteiger charge is 2.48. The first-order chi connectivity index (χ1) is 12.8. The van der Waals surface area contributed by atoms with Crippen LogP contribution in [0.2, 0.25) is 30.1 Å². The Morgan fingerprint density at radius 1 is 0.481 bits per heavy atom. The largest absolute Gasteiger partial charge is 0.439 e. The van der Waals surface area contributed by atoms with Crippen molar-refractivity contribution >= 4 is 69.6 Å². The van der Waals surface area contributed by atoms with Crippen LogP contribution in [0.4, 0.5) is 0 Å². The molecule has 3 aromatic carbocycles. The Labute approximate surface area is 185 Å². The highest BCUT2D eigenvalue weighted by Crippen LogP contribution is 2.58. The Morgan fingerprint density at radius 3 is 1.15 bits per heavy atom. The van der Waals surface area contributed by atoms with Crippen molar-refractivity contribution in [1.29, 1.82) is 0 Å². The molecular formula is C19H8Cl6O2. The van der Waals surface area contributed by atoms with Gasteiger partial charge in [-0.15, -0.1) is 0 Å². The third kappa shape index (κ3) is 3.13. The fourth-order valence-corrected chi connectivity index (χ4v) is 3.97. The molecular weight excluding hydrogens is 473 g/mol. The van der Waals surface area contributed by atoms with Gasteiger partial charge in [0.1, 0.15) is 10.0 Å². The molecule has 1 aliphatic heterocycles. The molecule has 138 valence electrons. The monoisotopic (exact) mass is 478 g/mol. The van der Waals surface area contributed by atoms with E-state index in [0.717, 1.165) is 0 Å². The SMILES string of the molecule is Clc1ccc(C2(c3ccc(Cl)cc3)Oc3c(Cl)c(Cl)c(Cl)c(Cl)c3O2)cc1. The van der Waals surface area contributed by atoms with Crippen LogP contribution in [0.5, 0.6) is 11.5 Å². The van der Waals surface area contributed by atoms with Gasteiger partial charge >= 0.3 is 5.79 Å². The van der Waals surface area contributed by atoms with Crippen LogP contribution in [0.25, 0.3) is 0 Å². The lowest BCUT2D eigenvalue weighted by atomic mass is 9.97. The van der Waals surface area contributed by atoms with Gasteiger partial charge in [0, 0.05) is 21.2 Å². The van der Waals surface area contributed by atoms with E-state index in [4.69, 9.17) is 79.1 Å². The summed E-state index contributed by atoms with van der Waals surface area (Å²) in [5.41, 5.74) is 1.34. The molecule has 27 heavy (non-hydrogen) atoms. The maximum absolute atomic E-state index is 6.35. The van der Waals surface area contributed by atoms with Crippen molar-refractivity contribution in [2.45, 2.75) is 5.79 Å². The van der Waals surface area contributed by atoms with Gasteiger partial charge in [-0.2, -0.15) is 0 Å². The quantitative estimate of drug-likeness (QED) is 0.271. The predicted molar refractivity (Wildman–Crippen MR) is 111 cm³/mol. The lowest BCUT2D eigenvalue weighted by Gasteiger charge is -2.28. The Bertz CT molecular complexity index is 947. The second-order valence-corrected chi connectivity index (χ2v) is 8.13. The zero-order valence-electron chi connectivity index (χ0n) is 13.2. The average Bonchev–Trinajstić information content (AvgIpc) is 3.08. The zero-order valence-corrected chi connectivity index (χ0v) is 17.7. The number of rotatable bonds is 2. The summed E-state index contributed by atoms with van der Waals surface area (Å²) in [6, 6.07) is 14.1. The molecule has 0 bridgehead atoms. The van der Waals surface area contributed by atoms with Gasteiger partial charge in [-0.3, -0.25) is 0 Å². The summed E-state index contributed by atoms with van der Waals surface area (Å²) in [6.07, 6.45) is 0. The fraction of sp³-hybridized carbons (Fsp3) is 0.0526. The van der Waals surface area contributed by atoms with Gasteiger partial charge in [0.05, 0.1) is 10.0 Å². The van der Waals surface area contributed by atoms with E-state index in [1.165, 1.54) is 0 Å². The topological polar surface area (TPSA) is 18.5 Å². The smallest absolute Gasteiger partial charge is 0.305 e. The van der Waals surface area contributed by atoms with Crippen molar-refractivity contribution in [2.24, 2.45) is 0 Å². The normalized spacial score (nSPS) is 14.4. The molecule has 0 saturated heterocycles. The molecule has 0 aromatic heterocycles. The van der Waals surface area contributed by atoms with E-state index in [1.54, 1.807) is 48.5 Å². The van der Waals surface area contributed by atoms with Crippen molar-refractivity contribution < 1.29 is 9.47 Å². The maximum atomic E-state index is 6.35. The van der Waals surface area contributed by atoms with E-state index in [2.05, 4.69) is 0 Å². The van der Waals surface area contributed by atoms with Gasteiger partial charge in [0.15, 0.2) is 11.5 Å². The lowest BCUT2D eigenvalue weighted by Crippen LogP contribution is -2.36. The molecule has 0 radical (unpaired) electrons. The number of halogens is 6. The summed E-state index contributed by atoms with van der Waals surface area (Å²) in [6.45, 7) is 0. The highest BCUT2D eigenvalue weighted by atomic mass is 35.5. The molecule has 8 heteroatoms. The minimum Gasteiger partial charge on any atom is -0.439 e. The average molecular weight is 481 g/mol. The molecule has 0 amide bonds. The molecule has 4 rings (SSSR count). The Kier molecular flexibility index (Phi) is 5.09. The van der Waals surface area contributed by atoms with E-state index < -0.39 is 5.79 Å². The first kappa shape index (κ1) is 19.3. The van der Waals surface area contributed by atoms with Crippen LogP contribution in [0.15, 0.2) is 48.5 Å². The molecule has 0 atom stereocenters. The number of hydrogen-bond donors (Lipinski definition) is 0. The van der Waals surface area contributed by atoms with Crippen LogP contribution in [0, 0.1) is 0 Å². The second kappa shape index (κ2) is 7.11. The predicted octanol–water partition coefficient (Wildman–Crippen LogP) is 8.28. The second-order valence-electron chi connectivity index (χ2n) is 5.75. The van der Waals surface area contributed by atoms with Crippen molar-refractivity contribution in [1.82, 2.24) is 0 Å². The Morgan fingerprint density at radius 2 is 0.815 bits per heavy atom. The molecule has 0 aliphatic carbocycles. The number of fused-ring (bicyclic) bond motifs is 1. The van der Waals surface area contributed by atoms with Gasteiger partial charge < -0.3 is 9.47 Å². The molecule has 1 aliphatic rings. The summed E-state index contributed by atoms with van der Waals surface area (Å²) in [5, 5.41) is 1.56. The standard InChI is InChI=1S/C19H8Cl6O2/c20-11-5-1-9(2-6-11)19(10-3-7-12(21)8-4-10)26-17-15(24)13(22)14(23)16(25)18(17)27-19/h1-8H. The Hall–Kier alpha value is -1.00. The third-order valence-corrected chi connectivity index (χ3v) is 6.39. The molecule has 0 saturated carbocycles. The van der Waals surface area contributed by atoms with Crippen LogP contribution < -0.4 is 9.47 Å². The van der Waals surface area contributed by atoms with Gasteiger partial charge in [0.25, 0.3) is 0 Å². The van der Waals surface area contributed by atoms with E-state index in [0.29, 0.717) is 21.2 Å². The minimum absolute atomic E-state index is 0.0914. The van der Waals surface area contributed by atoms with Crippen molar-refractivity contribution in [3.8, 4) is 11.5 Å². The highest BCUT2D eigenvalue weighted by molar-refractivity contribution is 6.53. The summed E-state index contributed by atoms with van der Waals surface area (Å²) >= 11 is 37.1. The molecule has 3 aromatic rings. The van der Waals surface area contributed by atoms with Crippen molar-refractivity contribution in [2.75, 3.05) is 0 Å². The lowest BCUT2D eigenvalue weighted by molar-refractivity contribution is -0.0458. The van der Waals surface area contributed by atoms with E-state index in [1.807, 2.05) is 0 Å². The van der Waals surface area contributed by atoms with Crippen molar-refractivity contribution in [3.05, 3.63) is 89.8 Å². The van der Waals surface area contributed by atoms with Crippen molar-refractivity contribution in [3.63, 3.8) is 0 Å². The van der Waals surface area contributed by atoms with Crippen LogP contribution in [-0.2, 0) is 5.79 Å².